The van der Waals surface area contributed by atoms with Crippen LogP contribution in [0, 0.1) is 0 Å². The number of hydrogen-bond donors (Lipinski definition) is 1. The number of nitrogens with two attached hydrogens (primary N) is 1. The molecule has 1 aromatic carbocycles. The Morgan fingerprint density at radius 1 is 1.38 bits per heavy atom. The summed E-state index contributed by atoms with van der Waals surface area (Å²) in [5, 5.41) is 0. The van der Waals surface area contributed by atoms with Crippen molar-refractivity contribution in [3.05, 3.63) is 26.6 Å². The first kappa shape index (κ1) is 9.49. The molecule has 70 valence electrons. The molecule has 1 aliphatic heterocycles. The van der Waals surface area contributed by atoms with E-state index in [4.69, 9.17) is 10.5 Å². The van der Waals surface area contributed by atoms with Gasteiger partial charge in [0.15, 0.2) is 0 Å². The molecule has 0 aliphatic carbocycles. The molecule has 0 saturated heterocycles. The Morgan fingerprint density at radius 3 is 2.92 bits per heavy atom. The second-order valence-corrected chi connectivity index (χ2v) is 4.82. The minimum absolute atomic E-state index is 0.0950. The predicted octanol–water partition coefficient (Wildman–Crippen LogP) is 2.99. The van der Waals surface area contributed by atoms with Gasteiger partial charge in [-0.15, -0.1) is 0 Å². The van der Waals surface area contributed by atoms with Gasteiger partial charge in [0.1, 0.15) is 5.75 Å². The zero-order valence-electron chi connectivity index (χ0n) is 6.89. The van der Waals surface area contributed by atoms with E-state index in [0.717, 1.165) is 26.7 Å². The van der Waals surface area contributed by atoms with E-state index in [9.17, 15) is 0 Å². The molecular formula is C9H9Br2NO. The van der Waals surface area contributed by atoms with Crippen molar-refractivity contribution in [2.45, 2.75) is 12.5 Å². The first-order chi connectivity index (χ1) is 6.18. The highest BCUT2D eigenvalue weighted by Gasteiger charge is 2.20. The molecule has 0 aromatic heterocycles. The van der Waals surface area contributed by atoms with E-state index in [1.165, 1.54) is 0 Å². The standard InChI is InChI=1S/C9H9Br2NO/c10-5-3-6-8(12)1-2-13-9(6)7(11)4-5/h3-4,8H,1-2,12H2/t8-/m0/s1. The Balaban J connectivity index is 2.56. The Hall–Kier alpha value is -0.0600. The first-order valence-corrected chi connectivity index (χ1v) is 5.64. The molecule has 0 unspecified atom stereocenters. The maximum Gasteiger partial charge on any atom is 0.138 e. The van der Waals surface area contributed by atoms with E-state index < -0.39 is 0 Å². The van der Waals surface area contributed by atoms with Crippen molar-refractivity contribution in [3.8, 4) is 5.75 Å². The van der Waals surface area contributed by atoms with Crippen LogP contribution in [0.4, 0.5) is 0 Å². The lowest BCUT2D eigenvalue weighted by Gasteiger charge is -2.24. The summed E-state index contributed by atoms with van der Waals surface area (Å²) in [6.45, 7) is 0.703. The Bertz CT molecular complexity index is 341. The molecule has 13 heavy (non-hydrogen) atoms. The van der Waals surface area contributed by atoms with Crippen LogP contribution in [-0.4, -0.2) is 6.61 Å². The van der Waals surface area contributed by atoms with E-state index >= 15 is 0 Å². The third kappa shape index (κ3) is 1.75. The summed E-state index contributed by atoms with van der Waals surface area (Å²) in [5.74, 6) is 0.891. The van der Waals surface area contributed by atoms with Crippen LogP contribution in [0.3, 0.4) is 0 Å². The van der Waals surface area contributed by atoms with Gasteiger partial charge in [-0.3, -0.25) is 0 Å². The van der Waals surface area contributed by atoms with E-state index in [0.29, 0.717) is 6.61 Å². The SMILES string of the molecule is N[C@H]1CCOc2c(Br)cc(Br)cc21. The van der Waals surface area contributed by atoms with Crippen molar-refractivity contribution in [1.29, 1.82) is 0 Å². The highest BCUT2D eigenvalue weighted by molar-refractivity contribution is 9.11. The molecule has 0 spiro atoms. The molecule has 2 rings (SSSR count). The number of benzene rings is 1. The summed E-state index contributed by atoms with van der Waals surface area (Å²) in [5.41, 5.74) is 7.04. The summed E-state index contributed by atoms with van der Waals surface area (Å²) in [6.07, 6.45) is 0.885. The molecule has 2 nitrogen and oxygen atoms in total. The quantitative estimate of drug-likeness (QED) is 0.800. The van der Waals surface area contributed by atoms with Crippen LogP contribution in [0.5, 0.6) is 5.75 Å². The average molecular weight is 307 g/mol. The first-order valence-electron chi connectivity index (χ1n) is 4.06. The van der Waals surface area contributed by atoms with Gasteiger partial charge < -0.3 is 10.5 Å². The van der Waals surface area contributed by atoms with Crippen molar-refractivity contribution in [1.82, 2.24) is 0 Å². The molecule has 1 heterocycles. The van der Waals surface area contributed by atoms with Gasteiger partial charge in [0.25, 0.3) is 0 Å². The molecular weight excluding hydrogens is 298 g/mol. The Morgan fingerprint density at radius 2 is 2.15 bits per heavy atom. The zero-order chi connectivity index (χ0) is 9.42. The van der Waals surface area contributed by atoms with Gasteiger partial charge in [-0.1, -0.05) is 15.9 Å². The normalized spacial score (nSPS) is 20.7. The van der Waals surface area contributed by atoms with Crippen molar-refractivity contribution >= 4 is 31.9 Å². The van der Waals surface area contributed by atoms with Crippen molar-refractivity contribution in [3.63, 3.8) is 0 Å². The highest BCUT2D eigenvalue weighted by Crippen LogP contribution is 2.39. The fraction of sp³-hybridized carbons (Fsp3) is 0.333. The topological polar surface area (TPSA) is 35.2 Å². The second kappa shape index (κ2) is 3.59. The number of ether oxygens (including phenoxy) is 1. The van der Waals surface area contributed by atoms with Gasteiger partial charge in [-0.25, -0.2) is 0 Å². The number of fused-ring (bicyclic) bond motifs is 1. The van der Waals surface area contributed by atoms with E-state index in [2.05, 4.69) is 31.9 Å². The van der Waals surface area contributed by atoms with Crippen molar-refractivity contribution in [2.75, 3.05) is 6.61 Å². The largest absolute Gasteiger partial charge is 0.492 e. The highest BCUT2D eigenvalue weighted by atomic mass is 79.9. The van der Waals surface area contributed by atoms with Crippen LogP contribution in [0.25, 0.3) is 0 Å². The maximum absolute atomic E-state index is 5.96. The molecule has 0 amide bonds. The van der Waals surface area contributed by atoms with Crippen LogP contribution in [0.15, 0.2) is 21.1 Å². The van der Waals surface area contributed by atoms with Crippen LogP contribution in [0.1, 0.15) is 18.0 Å². The fourth-order valence-corrected chi connectivity index (χ4v) is 2.82. The monoisotopic (exact) mass is 305 g/mol. The molecule has 0 bridgehead atoms. The number of halogens is 2. The minimum Gasteiger partial charge on any atom is -0.492 e. The molecule has 1 atom stereocenters. The van der Waals surface area contributed by atoms with E-state index in [-0.39, 0.29) is 6.04 Å². The maximum atomic E-state index is 5.96. The smallest absolute Gasteiger partial charge is 0.138 e. The van der Waals surface area contributed by atoms with Gasteiger partial charge in [0.05, 0.1) is 11.1 Å². The van der Waals surface area contributed by atoms with E-state index in [1.807, 2.05) is 12.1 Å². The predicted molar refractivity (Wildman–Crippen MR) is 58.9 cm³/mol. The van der Waals surface area contributed by atoms with Gasteiger partial charge in [-0.2, -0.15) is 0 Å². The third-order valence-electron chi connectivity index (χ3n) is 2.11. The average Bonchev–Trinajstić information content (AvgIpc) is 2.07. The van der Waals surface area contributed by atoms with Gasteiger partial charge in [0, 0.05) is 22.5 Å². The lowest BCUT2D eigenvalue weighted by atomic mass is 10.0. The number of rotatable bonds is 0. The summed E-state index contributed by atoms with van der Waals surface area (Å²) in [4.78, 5) is 0. The lowest BCUT2D eigenvalue weighted by Crippen LogP contribution is -2.20. The van der Waals surface area contributed by atoms with Crippen LogP contribution < -0.4 is 10.5 Å². The summed E-state index contributed by atoms with van der Waals surface area (Å²) >= 11 is 6.88. The molecule has 0 radical (unpaired) electrons. The Kier molecular flexibility index (Phi) is 2.62. The third-order valence-corrected chi connectivity index (χ3v) is 3.16. The molecule has 0 saturated carbocycles. The van der Waals surface area contributed by atoms with Crippen molar-refractivity contribution < 1.29 is 4.74 Å². The van der Waals surface area contributed by atoms with Crippen LogP contribution in [0.2, 0.25) is 0 Å². The van der Waals surface area contributed by atoms with Crippen LogP contribution in [-0.2, 0) is 0 Å². The van der Waals surface area contributed by atoms with Crippen LogP contribution >= 0.6 is 31.9 Å². The lowest BCUT2D eigenvalue weighted by molar-refractivity contribution is 0.267. The number of hydrogen-bond acceptors (Lipinski definition) is 2. The molecule has 1 aliphatic rings. The summed E-state index contributed by atoms with van der Waals surface area (Å²) in [7, 11) is 0. The molecule has 1 aromatic rings. The molecule has 0 fully saturated rings. The summed E-state index contributed by atoms with van der Waals surface area (Å²) < 4.78 is 7.52. The molecule has 4 heteroatoms. The molecule has 2 N–H and O–H groups in total. The van der Waals surface area contributed by atoms with Gasteiger partial charge in [0.2, 0.25) is 0 Å². The van der Waals surface area contributed by atoms with Crippen molar-refractivity contribution in [2.24, 2.45) is 5.73 Å². The summed E-state index contributed by atoms with van der Waals surface area (Å²) in [6, 6.07) is 4.08. The Labute approximate surface area is 93.7 Å². The van der Waals surface area contributed by atoms with E-state index in [1.54, 1.807) is 0 Å². The zero-order valence-corrected chi connectivity index (χ0v) is 10.1. The van der Waals surface area contributed by atoms with Gasteiger partial charge >= 0.3 is 0 Å². The minimum atomic E-state index is 0.0950. The second-order valence-electron chi connectivity index (χ2n) is 3.05. The fourth-order valence-electron chi connectivity index (χ4n) is 1.45. The van der Waals surface area contributed by atoms with Gasteiger partial charge in [-0.05, 0) is 28.1 Å².